The number of carbonyl (C=O) groups excluding carboxylic acids is 1. The molecule has 36 heavy (non-hydrogen) atoms. The van der Waals surface area contributed by atoms with Crippen LogP contribution in [0.1, 0.15) is 59.6 Å². The number of carboxylic acids is 1. The quantitative estimate of drug-likeness (QED) is 0.293. The van der Waals surface area contributed by atoms with Gasteiger partial charge in [-0.15, -0.1) is 0 Å². The van der Waals surface area contributed by atoms with Crippen LogP contribution in [0.3, 0.4) is 0 Å². The normalized spacial score (nSPS) is 14.3. The summed E-state index contributed by atoms with van der Waals surface area (Å²) in [7, 11) is 0. The van der Waals surface area contributed by atoms with Crippen LogP contribution >= 0.6 is 11.3 Å². The second-order valence-corrected chi connectivity index (χ2v) is 10.1. The number of unbranched alkanes of at least 4 members (excludes halogenated alkanes) is 1. The number of aliphatic carboxylic acids is 1. The molecule has 1 amide bonds. The van der Waals surface area contributed by atoms with Crippen molar-refractivity contribution in [2.45, 2.75) is 44.4 Å². The molecule has 1 aliphatic heterocycles. The summed E-state index contributed by atoms with van der Waals surface area (Å²) < 4.78 is 0. The van der Waals surface area contributed by atoms with E-state index in [-0.39, 0.29) is 12.3 Å². The minimum Gasteiger partial charge on any atom is -0.481 e. The van der Waals surface area contributed by atoms with Gasteiger partial charge in [0.25, 0.3) is 5.91 Å². The highest BCUT2D eigenvalue weighted by atomic mass is 32.1. The van der Waals surface area contributed by atoms with Gasteiger partial charge in [-0.3, -0.25) is 9.59 Å². The van der Waals surface area contributed by atoms with E-state index in [1.54, 1.807) is 11.3 Å². The van der Waals surface area contributed by atoms with Gasteiger partial charge in [0, 0.05) is 36.0 Å². The van der Waals surface area contributed by atoms with Crippen molar-refractivity contribution in [2.75, 3.05) is 13.1 Å². The van der Waals surface area contributed by atoms with Crippen molar-refractivity contribution in [3.8, 4) is 11.3 Å². The zero-order valence-corrected chi connectivity index (χ0v) is 20.9. The third-order valence-corrected chi connectivity index (χ3v) is 7.57. The molecule has 1 saturated heterocycles. The van der Waals surface area contributed by atoms with E-state index in [0.717, 1.165) is 54.8 Å². The van der Waals surface area contributed by atoms with Crippen molar-refractivity contribution in [3.63, 3.8) is 0 Å². The van der Waals surface area contributed by atoms with Crippen LogP contribution < -0.4 is 0 Å². The van der Waals surface area contributed by atoms with Crippen molar-refractivity contribution < 1.29 is 14.7 Å². The van der Waals surface area contributed by atoms with Crippen molar-refractivity contribution in [2.24, 2.45) is 0 Å². The molecule has 0 unspecified atom stereocenters. The van der Waals surface area contributed by atoms with Crippen LogP contribution in [0.15, 0.2) is 65.4 Å². The molecule has 1 N–H and O–H groups in total. The Kier molecular flexibility index (Phi) is 7.37. The zero-order chi connectivity index (χ0) is 24.9. The Labute approximate surface area is 214 Å². The molecule has 0 spiro atoms. The summed E-state index contributed by atoms with van der Waals surface area (Å²) in [5, 5.41) is 13.0. The maximum absolute atomic E-state index is 13.3. The van der Waals surface area contributed by atoms with Gasteiger partial charge < -0.3 is 10.0 Å². The number of amides is 1. The minimum absolute atomic E-state index is 0.0372. The molecular formula is C29H29N3O3S. The summed E-state index contributed by atoms with van der Waals surface area (Å²) in [6, 6.07) is 18.2. The molecule has 0 atom stereocenters. The molecule has 5 rings (SSSR count). The van der Waals surface area contributed by atoms with E-state index in [1.807, 2.05) is 46.0 Å². The van der Waals surface area contributed by atoms with Gasteiger partial charge in [-0.1, -0.05) is 30.3 Å². The fraction of sp³-hybridized carbons (Fsp3) is 0.310. The second kappa shape index (κ2) is 11.0. The van der Waals surface area contributed by atoms with E-state index in [4.69, 9.17) is 15.1 Å². The lowest BCUT2D eigenvalue weighted by Gasteiger charge is -2.32. The fourth-order valence-corrected chi connectivity index (χ4v) is 5.56. The molecule has 0 radical (unpaired) electrons. The number of thiophene rings is 1. The van der Waals surface area contributed by atoms with Crippen LogP contribution in [-0.4, -0.2) is 44.9 Å². The largest absolute Gasteiger partial charge is 0.481 e. The summed E-state index contributed by atoms with van der Waals surface area (Å²) in [6.45, 7) is 1.49. The Morgan fingerprint density at radius 2 is 1.78 bits per heavy atom. The molecule has 3 heterocycles. The molecule has 7 heteroatoms. The van der Waals surface area contributed by atoms with Gasteiger partial charge in [0.1, 0.15) is 0 Å². The third-order valence-electron chi connectivity index (χ3n) is 6.89. The Morgan fingerprint density at radius 3 is 2.50 bits per heavy atom. The first-order chi connectivity index (χ1) is 17.6. The Morgan fingerprint density at radius 1 is 0.972 bits per heavy atom. The predicted molar refractivity (Wildman–Crippen MR) is 142 cm³/mol. The lowest BCUT2D eigenvalue weighted by Crippen LogP contribution is -2.37. The molecule has 2 aromatic heterocycles. The van der Waals surface area contributed by atoms with Crippen LogP contribution in [-0.2, 0) is 11.2 Å². The Bertz CT molecular complexity index is 1350. The second-order valence-electron chi connectivity index (χ2n) is 9.31. The van der Waals surface area contributed by atoms with E-state index in [2.05, 4.69) is 24.3 Å². The van der Waals surface area contributed by atoms with Crippen LogP contribution in [0.25, 0.3) is 22.3 Å². The smallest absolute Gasteiger partial charge is 0.303 e. The summed E-state index contributed by atoms with van der Waals surface area (Å²) in [6.07, 6.45) is 4.04. The number of aromatic nitrogens is 2. The first kappa shape index (κ1) is 24.1. The zero-order valence-electron chi connectivity index (χ0n) is 20.1. The first-order valence-electron chi connectivity index (χ1n) is 12.5. The van der Waals surface area contributed by atoms with Crippen molar-refractivity contribution in [1.29, 1.82) is 0 Å². The van der Waals surface area contributed by atoms with Gasteiger partial charge in [-0.2, -0.15) is 11.3 Å². The van der Waals surface area contributed by atoms with Crippen LogP contribution in [0.2, 0.25) is 0 Å². The summed E-state index contributed by atoms with van der Waals surface area (Å²) in [5.74, 6) is -0.249. The van der Waals surface area contributed by atoms with Crippen LogP contribution in [0.4, 0.5) is 0 Å². The number of carbonyl (C=O) groups is 2. The number of aryl methyl sites for hydroxylation is 1. The molecule has 0 saturated carbocycles. The first-order valence-corrected chi connectivity index (χ1v) is 13.4. The predicted octanol–water partition coefficient (Wildman–Crippen LogP) is 6.18. The highest BCUT2D eigenvalue weighted by molar-refractivity contribution is 7.08. The van der Waals surface area contributed by atoms with Gasteiger partial charge in [0.15, 0.2) is 0 Å². The van der Waals surface area contributed by atoms with Gasteiger partial charge >= 0.3 is 5.97 Å². The number of rotatable bonds is 8. The highest BCUT2D eigenvalue weighted by Crippen LogP contribution is 2.30. The summed E-state index contributed by atoms with van der Waals surface area (Å²) >= 11 is 1.61. The standard InChI is InChI=1S/C29H29N3O3S/c33-27(34)9-5-4-8-25-28(23-14-17-36-19-23)31-24-11-10-22(18-26(24)30-25)29(35)32-15-12-21(13-16-32)20-6-2-1-3-7-20/h1-3,6-7,10-11,14,17-19,21H,4-5,8-9,12-13,15-16H2,(H,33,34). The lowest BCUT2D eigenvalue weighted by molar-refractivity contribution is -0.137. The molecule has 2 aromatic carbocycles. The van der Waals surface area contributed by atoms with E-state index >= 15 is 0 Å². The van der Waals surface area contributed by atoms with Gasteiger partial charge in [-0.05, 0) is 73.2 Å². The molecule has 6 nitrogen and oxygen atoms in total. The maximum atomic E-state index is 13.3. The number of carboxylic acid groups (broad SMARTS) is 1. The number of piperidine rings is 1. The number of nitrogens with zero attached hydrogens (tertiary/aromatic N) is 3. The van der Waals surface area contributed by atoms with Crippen molar-refractivity contribution in [3.05, 3.63) is 82.2 Å². The molecular weight excluding hydrogens is 470 g/mol. The molecule has 184 valence electrons. The van der Waals surface area contributed by atoms with Crippen LogP contribution in [0, 0.1) is 0 Å². The molecule has 0 aliphatic carbocycles. The monoisotopic (exact) mass is 499 g/mol. The molecule has 0 bridgehead atoms. The van der Waals surface area contributed by atoms with Crippen LogP contribution in [0.5, 0.6) is 0 Å². The van der Waals surface area contributed by atoms with Crippen molar-refractivity contribution >= 4 is 34.2 Å². The minimum atomic E-state index is -0.784. The van der Waals surface area contributed by atoms with Gasteiger partial charge in [0.05, 0.1) is 22.4 Å². The van der Waals surface area contributed by atoms with Crippen molar-refractivity contribution in [1.82, 2.24) is 14.9 Å². The van der Waals surface area contributed by atoms with E-state index < -0.39 is 5.97 Å². The Hall–Kier alpha value is -3.58. The number of likely N-dealkylation sites (tertiary alicyclic amines) is 1. The van der Waals surface area contributed by atoms with Gasteiger partial charge in [-0.25, -0.2) is 9.97 Å². The average Bonchev–Trinajstić information content (AvgIpc) is 3.45. The average molecular weight is 500 g/mol. The molecule has 1 fully saturated rings. The third kappa shape index (κ3) is 5.46. The number of hydrogen-bond acceptors (Lipinski definition) is 5. The molecule has 1 aliphatic rings. The van der Waals surface area contributed by atoms with Gasteiger partial charge in [0.2, 0.25) is 0 Å². The fourth-order valence-electron chi connectivity index (χ4n) is 4.92. The lowest BCUT2D eigenvalue weighted by atomic mass is 9.89. The van der Waals surface area contributed by atoms with E-state index in [1.165, 1.54) is 5.56 Å². The number of benzene rings is 2. The Balaban J connectivity index is 1.35. The summed E-state index contributed by atoms with van der Waals surface area (Å²) in [5.41, 5.74) is 6.14. The SMILES string of the molecule is O=C(O)CCCCc1nc2cc(C(=O)N3CCC(c4ccccc4)CC3)ccc2nc1-c1ccsc1. The number of fused-ring (bicyclic) bond motifs is 1. The maximum Gasteiger partial charge on any atom is 0.303 e. The summed E-state index contributed by atoms with van der Waals surface area (Å²) in [4.78, 5) is 36.0. The van der Waals surface area contributed by atoms with E-state index in [9.17, 15) is 9.59 Å². The highest BCUT2D eigenvalue weighted by Gasteiger charge is 2.25. The topological polar surface area (TPSA) is 83.4 Å². The van der Waals surface area contributed by atoms with E-state index in [0.29, 0.717) is 29.8 Å². The molecule has 4 aromatic rings. The number of hydrogen-bond donors (Lipinski definition) is 1.